The van der Waals surface area contributed by atoms with Crippen LogP contribution in [0, 0.1) is 0 Å². The Kier molecular flexibility index (Phi) is 3.35. The van der Waals surface area contributed by atoms with Crippen LogP contribution in [0.2, 0.25) is 0 Å². The van der Waals surface area contributed by atoms with Gasteiger partial charge in [-0.1, -0.05) is 0 Å². The number of pyridine rings is 1. The van der Waals surface area contributed by atoms with E-state index >= 15 is 0 Å². The molecule has 0 aliphatic carbocycles. The van der Waals surface area contributed by atoms with E-state index in [1.54, 1.807) is 6.20 Å². The summed E-state index contributed by atoms with van der Waals surface area (Å²) in [7, 11) is 4.24. The summed E-state index contributed by atoms with van der Waals surface area (Å²) in [6.07, 6.45) is 2.97. The molecule has 1 saturated heterocycles. The minimum atomic E-state index is 0.602. The maximum Gasteiger partial charge on any atom is 0.151 e. The first-order valence-electron chi connectivity index (χ1n) is 5.40. The summed E-state index contributed by atoms with van der Waals surface area (Å²) >= 11 is 3.37. The lowest BCUT2D eigenvalue weighted by Gasteiger charge is -2.22. The Bertz CT molecular complexity index is 380. The van der Waals surface area contributed by atoms with Crippen molar-refractivity contribution in [1.82, 2.24) is 9.88 Å². The number of nitrogens with zero attached hydrogens (tertiary/aromatic N) is 3. The first kappa shape index (κ1) is 11.7. The molecular formula is C11H17BrN4. The third-order valence-electron chi connectivity index (χ3n) is 3.05. The third kappa shape index (κ3) is 2.30. The Labute approximate surface area is 105 Å². The predicted molar refractivity (Wildman–Crippen MR) is 70.7 cm³/mol. The molecule has 2 heterocycles. The standard InChI is InChI=1S/C11H17BrN4/c1-15(2)9-3-4-16(7-9)11-10(13)5-8(12)6-14-11/h5-6,9H,3-4,7,13H2,1-2H3. The number of hydrogen-bond acceptors (Lipinski definition) is 4. The molecule has 1 fully saturated rings. The van der Waals surface area contributed by atoms with E-state index in [1.807, 2.05) is 6.07 Å². The fourth-order valence-corrected chi connectivity index (χ4v) is 2.42. The molecule has 0 spiro atoms. The van der Waals surface area contributed by atoms with Crippen LogP contribution in [0.1, 0.15) is 6.42 Å². The molecule has 2 rings (SSSR count). The Morgan fingerprint density at radius 2 is 2.31 bits per heavy atom. The van der Waals surface area contributed by atoms with Gasteiger partial charge in [0, 0.05) is 29.8 Å². The van der Waals surface area contributed by atoms with E-state index in [4.69, 9.17) is 5.73 Å². The summed E-state index contributed by atoms with van der Waals surface area (Å²) in [5.74, 6) is 0.910. The highest BCUT2D eigenvalue weighted by Crippen LogP contribution is 2.27. The molecule has 0 saturated carbocycles. The van der Waals surface area contributed by atoms with Crippen LogP contribution < -0.4 is 10.6 Å². The SMILES string of the molecule is CN(C)C1CCN(c2ncc(Br)cc2N)C1. The molecular weight excluding hydrogens is 268 g/mol. The van der Waals surface area contributed by atoms with Crippen LogP contribution in [0.4, 0.5) is 11.5 Å². The van der Waals surface area contributed by atoms with Gasteiger partial charge in [0.15, 0.2) is 5.82 Å². The van der Waals surface area contributed by atoms with Gasteiger partial charge in [0.2, 0.25) is 0 Å². The van der Waals surface area contributed by atoms with Gasteiger partial charge in [0.1, 0.15) is 0 Å². The van der Waals surface area contributed by atoms with Crippen LogP contribution in [0.25, 0.3) is 0 Å². The average Bonchev–Trinajstić information content (AvgIpc) is 2.66. The lowest BCUT2D eigenvalue weighted by atomic mass is 10.2. The van der Waals surface area contributed by atoms with Crippen LogP contribution >= 0.6 is 15.9 Å². The van der Waals surface area contributed by atoms with E-state index in [9.17, 15) is 0 Å². The summed E-state index contributed by atoms with van der Waals surface area (Å²) < 4.78 is 0.928. The molecule has 1 aliphatic rings. The molecule has 1 aromatic heterocycles. The minimum absolute atomic E-state index is 0.602. The zero-order valence-electron chi connectivity index (χ0n) is 9.65. The van der Waals surface area contributed by atoms with E-state index in [0.29, 0.717) is 6.04 Å². The smallest absolute Gasteiger partial charge is 0.151 e. The largest absolute Gasteiger partial charge is 0.396 e. The molecule has 0 aromatic carbocycles. The van der Waals surface area contributed by atoms with Gasteiger partial charge in [-0.3, -0.25) is 0 Å². The maximum absolute atomic E-state index is 5.97. The van der Waals surface area contributed by atoms with Crippen LogP contribution in [-0.4, -0.2) is 43.1 Å². The summed E-state index contributed by atoms with van der Waals surface area (Å²) in [4.78, 5) is 8.90. The van der Waals surface area contributed by atoms with Crippen molar-refractivity contribution >= 4 is 27.4 Å². The van der Waals surface area contributed by atoms with Crippen molar-refractivity contribution in [2.45, 2.75) is 12.5 Å². The molecule has 2 N–H and O–H groups in total. The average molecular weight is 285 g/mol. The number of hydrogen-bond donors (Lipinski definition) is 1. The molecule has 0 amide bonds. The summed E-state index contributed by atoms with van der Waals surface area (Å²) in [6, 6.07) is 2.51. The quantitative estimate of drug-likeness (QED) is 0.896. The van der Waals surface area contributed by atoms with Crippen molar-refractivity contribution in [3.63, 3.8) is 0 Å². The first-order chi connectivity index (χ1) is 7.58. The van der Waals surface area contributed by atoms with Gasteiger partial charge in [0.05, 0.1) is 5.69 Å². The zero-order chi connectivity index (χ0) is 11.7. The van der Waals surface area contributed by atoms with Gasteiger partial charge in [-0.25, -0.2) is 4.98 Å². The number of likely N-dealkylation sites (N-methyl/N-ethyl adjacent to an activating group) is 1. The summed E-state index contributed by atoms with van der Waals surface area (Å²) in [6.45, 7) is 2.04. The van der Waals surface area contributed by atoms with Crippen LogP contribution in [0.15, 0.2) is 16.7 Å². The van der Waals surface area contributed by atoms with Gasteiger partial charge in [-0.05, 0) is 42.5 Å². The fraction of sp³-hybridized carbons (Fsp3) is 0.545. The second kappa shape index (κ2) is 4.59. The molecule has 4 nitrogen and oxygen atoms in total. The van der Waals surface area contributed by atoms with Crippen molar-refractivity contribution in [2.75, 3.05) is 37.8 Å². The summed E-state index contributed by atoms with van der Waals surface area (Å²) in [5, 5.41) is 0. The van der Waals surface area contributed by atoms with Gasteiger partial charge >= 0.3 is 0 Å². The molecule has 5 heteroatoms. The monoisotopic (exact) mass is 284 g/mol. The molecule has 1 atom stereocenters. The van der Waals surface area contributed by atoms with Crippen molar-refractivity contribution in [2.24, 2.45) is 0 Å². The van der Waals surface area contributed by atoms with Crippen molar-refractivity contribution in [1.29, 1.82) is 0 Å². The van der Waals surface area contributed by atoms with E-state index in [-0.39, 0.29) is 0 Å². The number of nitrogens with two attached hydrogens (primary N) is 1. The molecule has 0 bridgehead atoms. The Hall–Kier alpha value is -0.810. The lowest BCUT2D eigenvalue weighted by molar-refractivity contribution is 0.315. The Morgan fingerprint density at radius 1 is 1.56 bits per heavy atom. The van der Waals surface area contributed by atoms with Gasteiger partial charge < -0.3 is 15.5 Å². The van der Waals surface area contributed by atoms with E-state index in [0.717, 1.165) is 29.1 Å². The highest BCUT2D eigenvalue weighted by atomic mass is 79.9. The van der Waals surface area contributed by atoms with Crippen molar-refractivity contribution in [3.05, 3.63) is 16.7 Å². The number of aromatic nitrogens is 1. The second-order valence-electron chi connectivity index (χ2n) is 4.42. The van der Waals surface area contributed by atoms with E-state index < -0.39 is 0 Å². The van der Waals surface area contributed by atoms with Crippen LogP contribution in [0.3, 0.4) is 0 Å². The van der Waals surface area contributed by atoms with Crippen molar-refractivity contribution < 1.29 is 0 Å². The topological polar surface area (TPSA) is 45.4 Å². The predicted octanol–water partition coefficient (Wildman–Crippen LogP) is 1.57. The first-order valence-corrected chi connectivity index (χ1v) is 6.19. The zero-order valence-corrected chi connectivity index (χ0v) is 11.2. The number of anilines is 2. The number of halogens is 1. The normalized spacial score (nSPS) is 20.8. The van der Waals surface area contributed by atoms with Crippen molar-refractivity contribution in [3.8, 4) is 0 Å². The van der Waals surface area contributed by atoms with E-state index in [2.05, 4.69) is 44.8 Å². The minimum Gasteiger partial charge on any atom is -0.396 e. The molecule has 1 aliphatic heterocycles. The van der Waals surface area contributed by atoms with Gasteiger partial charge in [0.25, 0.3) is 0 Å². The highest BCUT2D eigenvalue weighted by molar-refractivity contribution is 9.10. The Balaban J connectivity index is 2.14. The van der Waals surface area contributed by atoms with Gasteiger partial charge in [-0.2, -0.15) is 0 Å². The third-order valence-corrected chi connectivity index (χ3v) is 3.49. The second-order valence-corrected chi connectivity index (χ2v) is 5.33. The molecule has 0 radical (unpaired) electrons. The molecule has 1 unspecified atom stereocenters. The number of nitrogen functional groups attached to an aromatic ring is 1. The Morgan fingerprint density at radius 3 is 2.88 bits per heavy atom. The maximum atomic E-state index is 5.97. The van der Waals surface area contributed by atoms with Gasteiger partial charge in [-0.15, -0.1) is 0 Å². The highest BCUT2D eigenvalue weighted by Gasteiger charge is 2.25. The van der Waals surface area contributed by atoms with Crippen LogP contribution in [0.5, 0.6) is 0 Å². The lowest BCUT2D eigenvalue weighted by Crippen LogP contribution is -2.32. The molecule has 1 aromatic rings. The molecule has 88 valence electrons. The van der Waals surface area contributed by atoms with E-state index in [1.165, 1.54) is 6.42 Å². The van der Waals surface area contributed by atoms with Crippen LogP contribution in [-0.2, 0) is 0 Å². The number of rotatable bonds is 2. The fourth-order valence-electron chi connectivity index (χ4n) is 2.07. The summed E-state index contributed by atoms with van der Waals surface area (Å²) in [5.41, 5.74) is 6.72. The molecule has 16 heavy (non-hydrogen) atoms.